The third kappa shape index (κ3) is 4.91. The quantitative estimate of drug-likeness (QED) is 0.158. The summed E-state index contributed by atoms with van der Waals surface area (Å²) in [6.45, 7) is 0. The van der Waals surface area contributed by atoms with Crippen LogP contribution in [0.25, 0.3) is 92.2 Å². The molecule has 2 aliphatic heterocycles. The van der Waals surface area contributed by atoms with Gasteiger partial charge in [0.1, 0.15) is 0 Å². The molecule has 0 N–H and O–H groups in total. The molecule has 4 aromatic heterocycles. The summed E-state index contributed by atoms with van der Waals surface area (Å²) < 4.78 is 16.4. The van der Waals surface area contributed by atoms with Crippen molar-refractivity contribution in [3.8, 4) is 56.0 Å². The van der Waals surface area contributed by atoms with Gasteiger partial charge >= 0.3 is 312 Å². The molecule has 5 nitrogen and oxygen atoms in total. The predicted molar refractivity (Wildman–Crippen MR) is 215 cm³/mol. The Balaban J connectivity index is 1.42. The normalized spacial score (nSPS) is 12.3. The van der Waals surface area contributed by atoms with Crippen molar-refractivity contribution in [1.82, 2.24) is 14.4 Å². The van der Waals surface area contributed by atoms with Crippen LogP contribution in [0.3, 0.4) is 0 Å². The van der Waals surface area contributed by atoms with Gasteiger partial charge in [0.2, 0.25) is 0 Å². The van der Waals surface area contributed by atoms with Crippen molar-refractivity contribution in [3.63, 3.8) is 0 Å². The summed E-state index contributed by atoms with van der Waals surface area (Å²) in [5, 5.41) is 0. The fourth-order valence-electron chi connectivity index (χ4n) is 7.61. The van der Waals surface area contributed by atoms with Gasteiger partial charge in [0.15, 0.2) is 0 Å². The zero-order valence-electron chi connectivity index (χ0n) is 28.5. The van der Waals surface area contributed by atoms with E-state index in [1.807, 2.05) is 24.3 Å². The van der Waals surface area contributed by atoms with Crippen molar-refractivity contribution in [2.45, 2.75) is 0 Å². The SMILES string of the molecule is COc1ccc(-c2c3nc(c(-c4ccccc4)c4cc5c([te]4)c(-c4ccccc4)c4ccc(c(-c6ccc(OC)cc6)c6nc2C=C6)n45)C=C3)cc1. The fraction of sp³-hybridized carbons (Fsp3) is 0.0435. The standard InChI is InChI=1S/C46H31N3O2Te/c1-50-32-17-13-30(14-18-32)42-34-21-23-36(47-34)43(31-15-19-33(51-2)20-16-31)38-25-26-39-45(29-11-7-4-8-12-29)46-40(49(38)39)27-41(52-46)44(28-9-5-3-6-10-28)37-24-22-35(42)48-37/h3-27H,1-2H3. The van der Waals surface area contributed by atoms with Gasteiger partial charge in [-0.1, -0.05) is 0 Å². The molecule has 0 saturated carbocycles. The second-order valence-electron chi connectivity index (χ2n) is 12.9. The van der Waals surface area contributed by atoms with Crippen LogP contribution in [0.5, 0.6) is 11.5 Å². The summed E-state index contributed by atoms with van der Waals surface area (Å²) in [4.78, 5) is 10.9. The van der Waals surface area contributed by atoms with Crippen LogP contribution in [0, 0.1) is 0 Å². The predicted octanol–water partition coefficient (Wildman–Crippen LogP) is 10.9. The van der Waals surface area contributed by atoms with E-state index in [0.717, 1.165) is 62.0 Å². The third-order valence-corrected chi connectivity index (χ3v) is 13.3. The third-order valence-electron chi connectivity index (χ3n) is 10.0. The van der Waals surface area contributed by atoms with Gasteiger partial charge in [-0.25, -0.2) is 0 Å². The van der Waals surface area contributed by atoms with Crippen molar-refractivity contribution >= 4 is 68.1 Å². The van der Waals surface area contributed by atoms with Gasteiger partial charge in [0.05, 0.1) is 0 Å². The molecule has 0 aliphatic carbocycles. The van der Waals surface area contributed by atoms with Crippen molar-refractivity contribution in [2.75, 3.05) is 14.2 Å². The number of nitrogens with zero attached hydrogens (tertiary/aromatic N) is 3. The first-order valence-corrected chi connectivity index (χ1v) is 19.6. The van der Waals surface area contributed by atoms with E-state index < -0.39 is 20.4 Å². The van der Waals surface area contributed by atoms with Crippen LogP contribution in [0.2, 0.25) is 0 Å². The Kier molecular flexibility index (Phi) is 7.35. The minimum atomic E-state index is -0.834. The van der Waals surface area contributed by atoms with E-state index in [1.54, 1.807) is 14.2 Å². The molecule has 2 aliphatic rings. The molecule has 0 spiro atoms. The van der Waals surface area contributed by atoms with Gasteiger partial charge in [0, 0.05) is 0 Å². The van der Waals surface area contributed by atoms with Crippen molar-refractivity contribution in [2.24, 2.45) is 0 Å². The molecular formula is C46H31N3O2Te. The monoisotopic (exact) mass is 787 g/mol. The molecule has 0 radical (unpaired) electrons. The molecular weight excluding hydrogens is 754 g/mol. The van der Waals surface area contributed by atoms with Crippen molar-refractivity contribution in [1.29, 1.82) is 0 Å². The Morgan fingerprint density at radius 1 is 0.442 bits per heavy atom. The Bertz CT molecular complexity index is 2830. The molecule has 0 amide bonds. The Morgan fingerprint density at radius 2 is 0.885 bits per heavy atom. The van der Waals surface area contributed by atoms with E-state index in [0.29, 0.717) is 0 Å². The molecule has 10 rings (SSSR count). The topological polar surface area (TPSA) is 48.7 Å². The van der Waals surface area contributed by atoms with Gasteiger partial charge < -0.3 is 0 Å². The molecule has 0 saturated heterocycles. The molecule has 52 heavy (non-hydrogen) atoms. The second kappa shape index (κ2) is 12.4. The molecule has 4 aromatic carbocycles. The molecule has 8 aromatic rings. The van der Waals surface area contributed by atoms with Crippen LogP contribution < -0.4 is 9.47 Å². The van der Waals surface area contributed by atoms with Crippen molar-refractivity contribution < 1.29 is 9.47 Å². The van der Waals surface area contributed by atoms with E-state index in [-0.39, 0.29) is 0 Å². The van der Waals surface area contributed by atoms with E-state index >= 15 is 0 Å². The number of fused-ring (bicyclic) bond motifs is 5. The number of benzene rings is 4. The van der Waals surface area contributed by atoms with Crippen LogP contribution in [0.1, 0.15) is 22.8 Å². The Morgan fingerprint density at radius 3 is 1.42 bits per heavy atom. The molecule has 0 atom stereocenters. The van der Waals surface area contributed by atoms with E-state index in [4.69, 9.17) is 19.4 Å². The number of hydrogen-bond donors (Lipinski definition) is 0. The maximum atomic E-state index is 5.58. The van der Waals surface area contributed by atoms with Crippen LogP contribution in [-0.4, -0.2) is 49.0 Å². The average molecular weight is 785 g/mol. The first kappa shape index (κ1) is 30.9. The summed E-state index contributed by atoms with van der Waals surface area (Å²) in [7, 11) is 3.40. The molecule has 6 heterocycles. The summed E-state index contributed by atoms with van der Waals surface area (Å²) in [5.74, 6) is 1.62. The van der Waals surface area contributed by atoms with E-state index in [1.165, 1.54) is 40.1 Å². The fourth-order valence-corrected chi connectivity index (χ4v) is 11.3. The van der Waals surface area contributed by atoms with Crippen LogP contribution in [0.15, 0.2) is 127 Å². The zero-order chi connectivity index (χ0) is 34.8. The molecule has 248 valence electrons. The van der Waals surface area contributed by atoms with Crippen molar-refractivity contribution in [3.05, 3.63) is 150 Å². The number of methoxy groups -OCH3 is 2. The molecule has 6 heteroatoms. The van der Waals surface area contributed by atoms with Gasteiger partial charge in [-0.15, -0.1) is 0 Å². The first-order valence-electron chi connectivity index (χ1n) is 17.2. The van der Waals surface area contributed by atoms with Gasteiger partial charge in [-0.3, -0.25) is 0 Å². The van der Waals surface area contributed by atoms with Gasteiger partial charge in [-0.2, -0.15) is 0 Å². The van der Waals surface area contributed by atoms with E-state index in [2.05, 4.69) is 132 Å². The molecule has 0 fully saturated rings. The number of ether oxygens (including phenoxy) is 2. The van der Waals surface area contributed by atoms with Gasteiger partial charge in [-0.05, 0) is 0 Å². The van der Waals surface area contributed by atoms with Gasteiger partial charge in [0.25, 0.3) is 0 Å². The second-order valence-corrected chi connectivity index (χ2v) is 15.9. The average Bonchev–Trinajstić information content (AvgIpc) is 4.04. The Hall–Kier alpha value is -5.93. The van der Waals surface area contributed by atoms with Crippen LogP contribution in [0.4, 0.5) is 0 Å². The number of aromatic nitrogens is 3. The first-order chi connectivity index (χ1) is 25.7. The van der Waals surface area contributed by atoms with E-state index in [9.17, 15) is 0 Å². The maximum absolute atomic E-state index is 5.58. The zero-order valence-corrected chi connectivity index (χ0v) is 30.8. The van der Waals surface area contributed by atoms with Crippen LogP contribution in [-0.2, 0) is 0 Å². The summed E-state index contributed by atoms with van der Waals surface area (Å²) >= 11 is -0.834. The summed E-state index contributed by atoms with van der Waals surface area (Å²) in [6.07, 6.45) is 8.62. The number of rotatable bonds is 6. The molecule has 6 bridgehead atoms. The summed E-state index contributed by atoms with van der Waals surface area (Å²) in [5.41, 5.74) is 16.3. The van der Waals surface area contributed by atoms with Crippen LogP contribution >= 0.6 is 0 Å². The number of hydrogen-bond acceptors (Lipinski definition) is 4. The minimum absolute atomic E-state index is 0.807. The Labute approximate surface area is 310 Å². The molecule has 0 unspecified atom stereocenters. The summed E-state index contributed by atoms with van der Waals surface area (Å²) in [6, 6.07) is 45.2.